The zero-order valence-electron chi connectivity index (χ0n) is 12.0. The summed E-state index contributed by atoms with van der Waals surface area (Å²) in [5.41, 5.74) is 6.89. The Kier molecular flexibility index (Phi) is 6.52. The standard InChI is InChI=1S/C14H22N4O2/c1-3-18(4-2)10-11-7-5-6-8-12(11)16-9-13(19)17-14(15)20/h5-8,16H,3-4,9-10H2,1-2H3,(H3,15,17,19,20). The molecular formula is C14H22N4O2. The maximum Gasteiger partial charge on any atom is 0.318 e. The van der Waals surface area contributed by atoms with E-state index in [2.05, 4.69) is 24.1 Å². The monoisotopic (exact) mass is 278 g/mol. The van der Waals surface area contributed by atoms with Crippen molar-refractivity contribution < 1.29 is 9.59 Å². The average molecular weight is 278 g/mol. The number of nitrogens with two attached hydrogens (primary N) is 1. The van der Waals surface area contributed by atoms with E-state index in [1.807, 2.05) is 29.6 Å². The van der Waals surface area contributed by atoms with Crippen molar-refractivity contribution in [2.75, 3.05) is 25.0 Å². The van der Waals surface area contributed by atoms with E-state index in [0.717, 1.165) is 30.9 Å². The molecule has 1 aromatic rings. The maximum absolute atomic E-state index is 11.4. The van der Waals surface area contributed by atoms with Gasteiger partial charge in [0.15, 0.2) is 0 Å². The number of para-hydroxylation sites is 1. The van der Waals surface area contributed by atoms with Crippen LogP contribution in [-0.4, -0.2) is 36.5 Å². The minimum atomic E-state index is -0.840. The predicted octanol–water partition coefficient (Wildman–Crippen LogP) is 1.14. The molecule has 0 radical (unpaired) electrons. The van der Waals surface area contributed by atoms with Gasteiger partial charge < -0.3 is 11.1 Å². The van der Waals surface area contributed by atoms with E-state index >= 15 is 0 Å². The largest absolute Gasteiger partial charge is 0.376 e. The summed E-state index contributed by atoms with van der Waals surface area (Å²) in [5.74, 6) is -0.449. The molecule has 0 atom stereocenters. The highest BCUT2D eigenvalue weighted by atomic mass is 16.2. The van der Waals surface area contributed by atoms with Crippen molar-refractivity contribution in [1.29, 1.82) is 0 Å². The van der Waals surface area contributed by atoms with Crippen molar-refractivity contribution in [3.05, 3.63) is 29.8 Å². The molecule has 3 amide bonds. The fraction of sp³-hybridized carbons (Fsp3) is 0.429. The predicted molar refractivity (Wildman–Crippen MR) is 79.3 cm³/mol. The minimum Gasteiger partial charge on any atom is -0.376 e. The molecule has 0 aromatic heterocycles. The van der Waals surface area contributed by atoms with Gasteiger partial charge in [0.05, 0.1) is 6.54 Å². The number of carbonyl (C=O) groups is 2. The lowest BCUT2D eigenvalue weighted by Crippen LogP contribution is -2.38. The normalized spacial score (nSPS) is 10.3. The lowest BCUT2D eigenvalue weighted by molar-refractivity contribution is -0.118. The first kappa shape index (κ1) is 16.0. The highest BCUT2D eigenvalue weighted by Crippen LogP contribution is 2.16. The van der Waals surface area contributed by atoms with Crippen LogP contribution in [0.25, 0.3) is 0 Å². The topological polar surface area (TPSA) is 87.5 Å². The number of amides is 3. The lowest BCUT2D eigenvalue weighted by Gasteiger charge is -2.20. The van der Waals surface area contributed by atoms with Gasteiger partial charge in [0.1, 0.15) is 0 Å². The van der Waals surface area contributed by atoms with E-state index in [1.54, 1.807) is 0 Å². The van der Waals surface area contributed by atoms with E-state index in [0.29, 0.717) is 0 Å². The smallest absolute Gasteiger partial charge is 0.318 e. The first-order chi connectivity index (χ1) is 9.56. The average Bonchev–Trinajstić information content (AvgIpc) is 2.42. The van der Waals surface area contributed by atoms with Gasteiger partial charge in [-0.2, -0.15) is 0 Å². The van der Waals surface area contributed by atoms with Crippen LogP contribution in [0.5, 0.6) is 0 Å². The quantitative estimate of drug-likeness (QED) is 0.698. The van der Waals surface area contributed by atoms with Crippen LogP contribution in [0, 0.1) is 0 Å². The van der Waals surface area contributed by atoms with E-state index < -0.39 is 11.9 Å². The number of primary amides is 1. The number of urea groups is 1. The molecule has 0 spiro atoms. The van der Waals surface area contributed by atoms with Crippen LogP contribution >= 0.6 is 0 Å². The summed E-state index contributed by atoms with van der Waals surface area (Å²) in [5, 5.41) is 5.05. The molecule has 0 aliphatic heterocycles. The van der Waals surface area contributed by atoms with Crippen molar-refractivity contribution in [3.8, 4) is 0 Å². The molecule has 6 heteroatoms. The SMILES string of the molecule is CCN(CC)Cc1ccccc1NCC(=O)NC(N)=O. The van der Waals surface area contributed by atoms with Crippen LogP contribution in [0.2, 0.25) is 0 Å². The van der Waals surface area contributed by atoms with Crippen LogP contribution in [0.1, 0.15) is 19.4 Å². The van der Waals surface area contributed by atoms with Crippen LogP contribution < -0.4 is 16.4 Å². The van der Waals surface area contributed by atoms with Gasteiger partial charge in [0, 0.05) is 12.2 Å². The van der Waals surface area contributed by atoms with Crippen LogP contribution in [-0.2, 0) is 11.3 Å². The maximum atomic E-state index is 11.4. The summed E-state index contributed by atoms with van der Waals surface area (Å²) >= 11 is 0. The first-order valence-corrected chi connectivity index (χ1v) is 6.70. The minimum absolute atomic E-state index is 0.0121. The summed E-state index contributed by atoms with van der Waals surface area (Å²) in [4.78, 5) is 24.2. The number of nitrogens with one attached hydrogen (secondary N) is 2. The van der Waals surface area contributed by atoms with E-state index in [4.69, 9.17) is 5.73 Å². The van der Waals surface area contributed by atoms with Crippen molar-refractivity contribution in [2.24, 2.45) is 5.73 Å². The Balaban J connectivity index is 2.65. The molecule has 0 aliphatic carbocycles. The fourth-order valence-electron chi connectivity index (χ4n) is 1.88. The lowest BCUT2D eigenvalue weighted by atomic mass is 10.1. The number of nitrogens with zero attached hydrogens (tertiary/aromatic N) is 1. The fourth-order valence-corrected chi connectivity index (χ4v) is 1.88. The molecule has 0 saturated heterocycles. The van der Waals surface area contributed by atoms with Gasteiger partial charge in [-0.3, -0.25) is 15.0 Å². The first-order valence-electron chi connectivity index (χ1n) is 6.70. The molecule has 0 heterocycles. The van der Waals surface area contributed by atoms with E-state index in [9.17, 15) is 9.59 Å². The summed E-state index contributed by atoms with van der Waals surface area (Å²) < 4.78 is 0. The van der Waals surface area contributed by atoms with E-state index in [-0.39, 0.29) is 6.54 Å². The van der Waals surface area contributed by atoms with Crippen LogP contribution in [0.4, 0.5) is 10.5 Å². The molecule has 0 saturated carbocycles. The molecule has 0 bridgehead atoms. The number of imide groups is 1. The molecule has 1 rings (SSSR count). The Morgan fingerprint density at radius 2 is 1.85 bits per heavy atom. The number of carbonyl (C=O) groups excluding carboxylic acids is 2. The summed E-state index contributed by atoms with van der Waals surface area (Å²) in [7, 11) is 0. The molecule has 0 aliphatic rings. The Bertz CT molecular complexity index is 458. The molecule has 4 N–H and O–H groups in total. The number of anilines is 1. The van der Waals surface area contributed by atoms with Gasteiger partial charge in [0.25, 0.3) is 0 Å². The van der Waals surface area contributed by atoms with Crippen molar-refractivity contribution >= 4 is 17.6 Å². The zero-order chi connectivity index (χ0) is 15.0. The van der Waals surface area contributed by atoms with Crippen molar-refractivity contribution in [1.82, 2.24) is 10.2 Å². The summed E-state index contributed by atoms with van der Waals surface area (Å²) in [6.07, 6.45) is 0. The van der Waals surface area contributed by atoms with Gasteiger partial charge in [-0.1, -0.05) is 32.0 Å². The Morgan fingerprint density at radius 3 is 2.45 bits per heavy atom. The molecular weight excluding hydrogens is 256 g/mol. The Morgan fingerprint density at radius 1 is 1.20 bits per heavy atom. The molecule has 0 unspecified atom stereocenters. The second-order valence-corrected chi connectivity index (χ2v) is 4.38. The van der Waals surface area contributed by atoms with Gasteiger partial charge >= 0.3 is 6.03 Å². The number of hydrogen-bond donors (Lipinski definition) is 3. The Labute approximate surface area is 119 Å². The summed E-state index contributed by atoms with van der Waals surface area (Å²) in [6, 6.07) is 6.96. The number of benzene rings is 1. The van der Waals surface area contributed by atoms with Crippen molar-refractivity contribution in [2.45, 2.75) is 20.4 Å². The Hall–Kier alpha value is -2.08. The van der Waals surface area contributed by atoms with E-state index in [1.165, 1.54) is 0 Å². The highest BCUT2D eigenvalue weighted by molar-refractivity contribution is 5.95. The molecule has 1 aromatic carbocycles. The summed E-state index contributed by atoms with van der Waals surface area (Å²) in [6.45, 7) is 6.98. The molecule has 110 valence electrons. The third-order valence-electron chi connectivity index (χ3n) is 3.01. The molecule has 6 nitrogen and oxygen atoms in total. The highest BCUT2D eigenvalue weighted by Gasteiger charge is 2.08. The number of rotatable bonds is 7. The third kappa shape index (κ3) is 5.27. The second kappa shape index (κ2) is 8.16. The van der Waals surface area contributed by atoms with Gasteiger partial charge in [-0.05, 0) is 24.7 Å². The van der Waals surface area contributed by atoms with Crippen molar-refractivity contribution in [3.63, 3.8) is 0 Å². The van der Waals surface area contributed by atoms with Gasteiger partial charge in [-0.25, -0.2) is 4.79 Å². The third-order valence-corrected chi connectivity index (χ3v) is 3.01. The van der Waals surface area contributed by atoms with Gasteiger partial charge in [-0.15, -0.1) is 0 Å². The van der Waals surface area contributed by atoms with Crippen LogP contribution in [0.15, 0.2) is 24.3 Å². The molecule has 20 heavy (non-hydrogen) atoms. The number of hydrogen-bond acceptors (Lipinski definition) is 4. The van der Waals surface area contributed by atoms with Gasteiger partial charge in [0.2, 0.25) is 5.91 Å². The zero-order valence-corrected chi connectivity index (χ0v) is 12.0. The molecule has 0 fully saturated rings. The second-order valence-electron chi connectivity index (χ2n) is 4.38. The van der Waals surface area contributed by atoms with Crippen LogP contribution in [0.3, 0.4) is 0 Å².